The first-order valence-corrected chi connectivity index (χ1v) is 11.1. The van der Waals surface area contributed by atoms with Crippen molar-refractivity contribution in [2.75, 3.05) is 0 Å². The van der Waals surface area contributed by atoms with Crippen LogP contribution >= 0.6 is 0 Å². The molecule has 3 aliphatic rings. The second-order valence-corrected chi connectivity index (χ2v) is 9.97. The molecule has 0 amide bonds. The Morgan fingerprint density at radius 2 is 1.55 bits per heavy atom. The van der Waals surface area contributed by atoms with E-state index in [4.69, 9.17) is 0 Å². The van der Waals surface area contributed by atoms with Gasteiger partial charge in [-0.2, -0.15) is 5.26 Å². The van der Waals surface area contributed by atoms with Crippen molar-refractivity contribution >= 4 is 17.3 Å². The van der Waals surface area contributed by atoms with Gasteiger partial charge in [-0.25, -0.2) is 0 Å². The zero-order valence-corrected chi connectivity index (χ0v) is 18.8. The molecule has 0 bridgehead atoms. The Bertz CT molecular complexity index is 1260. The Morgan fingerprint density at radius 3 is 2.09 bits per heavy atom. The number of nitrogens with zero attached hydrogens (tertiary/aromatic N) is 2. The topological polar surface area (TPSA) is 78.2 Å². The van der Waals surface area contributed by atoms with Crippen LogP contribution in [0.15, 0.2) is 78.5 Å². The lowest BCUT2D eigenvalue weighted by Gasteiger charge is -2.34. The highest BCUT2D eigenvalue weighted by atomic mass is 16.2. The van der Waals surface area contributed by atoms with Crippen molar-refractivity contribution in [3.8, 4) is 6.07 Å². The fourth-order valence-corrected chi connectivity index (χ4v) is 5.70. The number of allylic oxidation sites excluding steroid dienone is 2. The fraction of sp³-hybridized carbons (Fsp3) is 0.286. The molecule has 2 aromatic rings. The van der Waals surface area contributed by atoms with E-state index < -0.39 is 28.8 Å². The summed E-state index contributed by atoms with van der Waals surface area (Å²) in [5, 5.41) is 9.57. The highest BCUT2D eigenvalue weighted by Crippen LogP contribution is 2.59. The van der Waals surface area contributed by atoms with Crippen LogP contribution in [0.4, 0.5) is 0 Å². The van der Waals surface area contributed by atoms with Gasteiger partial charge in [0.1, 0.15) is 11.5 Å². The molecular formula is C28H24N2O3. The van der Waals surface area contributed by atoms with E-state index in [2.05, 4.69) is 6.07 Å². The molecule has 5 rings (SSSR count). The van der Waals surface area contributed by atoms with Gasteiger partial charge in [0.15, 0.2) is 17.3 Å². The predicted molar refractivity (Wildman–Crippen MR) is 123 cm³/mol. The number of Topliss-reactive ketones (excluding diaryl/α,β-unsaturated/α-hetero) is 3. The predicted octanol–water partition coefficient (Wildman–Crippen LogP) is 4.48. The van der Waals surface area contributed by atoms with E-state index in [0.29, 0.717) is 16.7 Å². The van der Waals surface area contributed by atoms with Crippen LogP contribution in [0.5, 0.6) is 0 Å². The molecule has 5 nitrogen and oxygen atoms in total. The summed E-state index contributed by atoms with van der Waals surface area (Å²) < 4.78 is 0. The smallest absolute Gasteiger partial charge is 0.180 e. The van der Waals surface area contributed by atoms with Gasteiger partial charge in [-0.05, 0) is 11.6 Å². The maximum atomic E-state index is 14.2. The first-order valence-electron chi connectivity index (χ1n) is 11.1. The molecule has 0 saturated carbocycles. The molecule has 1 aliphatic carbocycles. The number of hydrogen-bond donors (Lipinski definition) is 0. The second kappa shape index (κ2) is 7.11. The summed E-state index contributed by atoms with van der Waals surface area (Å²) in [4.78, 5) is 44.0. The van der Waals surface area contributed by atoms with Crippen LogP contribution in [0.25, 0.3) is 0 Å². The molecule has 3 atom stereocenters. The third-order valence-electron chi connectivity index (χ3n) is 7.12. The van der Waals surface area contributed by atoms with Crippen molar-refractivity contribution in [1.29, 1.82) is 5.26 Å². The molecule has 1 fully saturated rings. The van der Waals surface area contributed by atoms with E-state index in [-0.39, 0.29) is 17.3 Å². The van der Waals surface area contributed by atoms with E-state index >= 15 is 0 Å². The third-order valence-corrected chi connectivity index (χ3v) is 7.12. The number of carbonyl (C=O) groups excluding carboxylic acids is 3. The highest BCUT2D eigenvalue weighted by molar-refractivity contribution is 6.31. The van der Waals surface area contributed by atoms with Crippen molar-refractivity contribution in [3.05, 3.63) is 95.2 Å². The molecule has 0 aromatic heterocycles. The number of fused-ring (bicyclic) bond motifs is 3. The summed E-state index contributed by atoms with van der Waals surface area (Å²) >= 11 is 0. The van der Waals surface area contributed by atoms with E-state index in [1.54, 1.807) is 47.5 Å². The van der Waals surface area contributed by atoms with Crippen LogP contribution in [-0.2, 0) is 4.79 Å². The second-order valence-electron chi connectivity index (χ2n) is 9.97. The average Bonchev–Trinajstić information content (AvgIpc) is 3.24. The van der Waals surface area contributed by atoms with Crippen LogP contribution in [0, 0.1) is 22.2 Å². The molecule has 2 heterocycles. The van der Waals surface area contributed by atoms with Gasteiger partial charge in [0.2, 0.25) is 0 Å². The molecule has 2 aromatic carbocycles. The summed E-state index contributed by atoms with van der Waals surface area (Å²) in [6.45, 7) is 5.54. The number of ketones is 3. The molecule has 2 aliphatic heterocycles. The Labute approximate surface area is 193 Å². The highest BCUT2D eigenvalue weighted by Gasteiger charge is 2.71. The zero-order valence-electron chi connectivity index (χ0n) is 18.8. The number of rotatable bonds is 2. The normalized spacial score (nSPS) is 25.0. The maximum Gasteiger partial charge on any atom is 0.180 e. The maximum absolute atomic E-state index is 14.2. The Morgan fingerprint density at radius 1 is 0.970 bits per heavy atom. The summed E-state index contributed by atoms with van der Waals surface area (Å²) in [5.41, 5.74) is -0.245. The van der Waals surface area contributed by atoms with Crippen molar-refractivity contribution in [2.24, 2.45) is 10.8 Å². The van der Waals surface area contributed by atoms with Crippen LogP contribution in [0.1, 0.15) is 53.0 Å². The molecule has 0 unspecified atom stereocenters. The monoisotopic (exact) mass is 436 g/mol. The summed E-state index contributed by atoms with van der Waals surface area (Å²) in [6.07, 6.45) is 5.05. The lowest BCUT2D eigenvalue weighted by molar-refractivity contribution is -0.130. The SMILES string of the molecule is CC(C)(C)C(=O)[C@@H]1[C@@H](c2ccccc2)C2(C(=O)c3ccccc3C2=O)[C@@H]2C=CC(C#N)=CN12. The van der Waals surface area contributed by atoms with Crippen LogP contribution < -0.4 is 0 Å². The molecule has 0 radical (unpaired) electrons. The first-order chi connectivity index (χ1) is 15.7. The van der Waals surface area contributed by atoms with Gasteiger partial charge in [-0.15, -0.1) is 0 Å². The third kappa shape index (κ3) is 2.74. The Kier molecular flexibility index (Phi) is 4.54. The summed E-state index contributed by atoms with van der Waals surface area (Å²) in [6, 6.07) is 17.0. The van der Waals surface area contributed by atoms with Crippen molar-refractivity contribution in [3.63, 3.8) is 0 Å². The quantitative estimate of drug-likeness (QED) is 0.649. The van der Waals surface area contributed by atoms with E-state index in [1.165, 1.54) is 0 Å². The minimum atomic E-state index is -1.48. The molecule has 33 heavy (non-hydrogen) atoms. The zero-order chi connectivity index (χ0) is 23.5. The van der Waals surface area contributed by atoms with Gasteiger partial charge in [0.05, 0.1) is 17.7 Å². The van der Waals surface area contributed by atoms with Crippen LogP contribution in [-0.4, -0.2) is 34.3 Å². The van der Waals surface area contributed by atoms with E-state index in [0.717, 1.165) is 5.56 Å². The fourth-order valence-electron chi connectivity index (χ4n) is 5.70. The molecular weight excluding hydrogens is 412 g/mol. The lowest BCUT2D eigenvalue weighted by Crippen LogP contribution is -2.47. The molecule has 164 valence electrons. The molecule has 1 spiro atoms. The number of carbonyl (C=O) groups is 3. The van der Waals surface area contributed by atoms with Gasteiger partial charge >= 0.3 is 0 Å². The molecule has 5 heteroatoms. The lowest BCUT2D eigenvalue weighted by atomic mass is 9.63. The first kappa shape index (κ1) is 21.1. The van der Waals surface area contributed by atoms with Crippen LogP contribution in [0.3, 0.4) is 0 Å². The minimum absolute atomic E-state index is 0.0707. The minimum Gasteiger partial charge on any atom is -0.358 e. The average molecular weight is 437 g/mol. The largest absolute Gasteiger partial charge is 0.358 e. The summed E-state index contributed by atoms with van der Waals surface area (Å²) in [7, 11) is 0. The van der Waals surface area contributed by atoms with E-state index in [9.17, 15) is 19.6 Å². The van der Waals surface area contributed by atoms with Gasteiger partial charge in [-0.1, -0.05) is 81.4 Å². The van der Waals surface area contributed by atoms with Crippen molar-refractivity contribution < 1.29 is 14.4 Å². The Hall–Kier alpha value is -3.78. The molecule has 1 saturated heterocycles. The number of hydrogen-bond acceptors (Lipinski definition) is 5. The number of nitriles is 1. The van der Waals surface area contributed by atoms with Gasteiger partial charge in [-0.3, -0.25) is 14.4 Å². The summed E-state index contributed by atoms with van der Waals surface area (Å²) in [5.74, 6) is -1.27. The van der Waals surface area contributed by atoms with E-state index in [1.807, 2.05) is 51.1 Å². The standard InChI is InChI=1S/C28H24N2O3/c1-27(2,3)26(33)23-22(18-9-5-4-6-10-18)28(21-14-13-17(15-29)16-30(21)23)24(31)19-11-7-8-12-20(19)25(28)32/h4-14,16,21-23H,1-3H3/t21-,22+,23-/m0/s1. The van der Waals surface area contributed by atoms with Gasteiger partial charge in [0, 0.05) is 28.7 Å². The number of benzene rings is 2. The van der Waals surface area contributed by atoms with Gasteiger partial charge < -0.3 is 4.90 Å². The van der Waals surface area contributed by atoms with Crippen LogP contribution in [0.2, 0.25) is 0 Å². The Balaban J connectivity index is 1.84. The van der Waals surface area contributed by atoms with Crippen molar-refractivity contribution in [2.45, 2.75) is 38.8 Å². The van der Waals surface area contributed by atoms with Crippen molar-refractivity contribution in [1.82, 2.24) is 4.90 Å². The van der Waals surface area contributed by atoms with Gasteiger partial charge in [0.25, 0.3) is 0 Å². The molecule has 0 N–H and O–H groups in total.